The molecule has 3 fully saturated rings. The van der Waals surface area contributed by atoms with Crippen molar-refractivity contribution in [2.45, 2.75) is 162 Å². The van der Waals surface area contributed by atoms with E-state index in [0.29, 0.717) is 35.4 Å². The number of ether oxygens (including phenoxy) is 4. The smallest absolute Gasteiger partial charge is 0.118 e. The number of hydrogen-bond donors (Lipinski definition) is 0. The van der Waals surface area contributed by atoms with E-state index in [1.807, 2.05) is 70.2 Å². The van der Waals surface area contributed by atoms with E-state index in [4.69, 9.17) is 14.2 Å². The average molecular weight is 743 g/mol. The molecule has 52 heavy (non-hydrogen) atoms. The minimum Gasteiger partial charge on any atom is -0.497 e. The number of hydrogen-bond acceptors (Lipinski definition) is 8. The molecule has 314 valence electrons. The SMILES string of the molecule is CC(C)N(C)C(C)C.CN(C)C.CN1C(C)(C)CCCC1(C)C.CN1CCCC1.COC.COC(C)C.COC1CCCC1.COc1ccccc1. The molecule has 3 aliphatic rings. The van der Waals surface area contributed by atoms with Crippen LogP contribution in [-0.2, 0) is 14.2 Å². The number of para-hydroxylation sites is 1. The van der Waals surface area contributed by atoms with Crippen molar-refractivity contribution >= 4 is 0 Å². The molecule has 1 aliphatic carbocycles. The fourth-order valence-electron chi connectivity index (χ4n) is 5.26. The molecule has 0 N–H and O–H groups in total. The van der Waals surface area contributed by atoms with Crippen molar-refractivity contribution in [2.24, 2.45) is 0 Å². The number of piperidine rings is 1. The molecule has 0 aromatic heterocycles. The summed E-state index contributed by atoms with van der Waals surface area (Å²) in [5.41, 5.74) is 0.809. The van der Waals surface area contributed by atoms with Gasteiger partial charge in [-0.2, -0.15) is 0 Å². The Kier molecular flexibility index (Phi) is 39.2. The fourth-order valence-corrected chi connectivity index (χ4v) is 5.26. The van der Waals surface area contributed by atoms with Gasteiger partial charge in [-0.05, 0) is 182 Å². The van der Waals surface area contributed by atoms with Gasteiger partial charge in [-0.15, -0.1) is 0 Å². The van der Waals surface area contributed by atoms with Crippen LogP contribution in [0.2, 0.25) is 0 Å². The van der Waals surface area contributed by atoms with E-state index in [-0.39, 0.29) is 0 Å². The van der Waals surface area contributed by atoms with E-state index in [2.05, 4.69) is 96.0 Å². The molecule has 2 aliphatic heterocycles. The lowest BCUT2D eigenvalue weighted by molar-refractivity contribution is -0.00199. The zero-order chi connectivity index (χ0) is 41.3. The van der Waals surface area contributed by atoms with Crippen LogP contribution in [0.3, 0.4) is 0 Å². The van der Waals surface area contributed by atoms with Crippen LogP contribution in [-0.4, -0.2) is 146 Å². The van der Waals surface area contributed by atoms with Gasteiger partial charge in [-0.3, -0.25) is 4.90 Å². The van der Waals surface area contributed by atoms with Gasteiger partial charge in [0.15, 0.2) is 0 Å². The first kappa shape index (κ1) is 57.5. The van der Waals surface area contributed by atoms with Gasteiger partial charge in [0.05, 0.1) is 19.3 Å². The molecular formula is C44H94N4O4. The number of nitrogens with zero attached hydrogens (tertiary/aromatic N) is 4. The number of likely N-dealkylation sites (tertiary alicyclic amines) is 2. The Morgan fingerprint density at radius 1 is 0.654 bits per heavy atom. The van der Waals surface area contributed by atoms with Crippen molar-refractivity contribution in [3.05, 3.63) is 30.3 Å². The summed E-state index contributed by atoms with van der Waals surface area (Å²) in [5, 5.41) is 0. The Morgan fingerprint density at radius 2 is 1.02 bits per heavy atom. The Bertz CT molecular complexity index is 811. The highest BCUT2D eigenvalue weighted by molar-refractivity contribution is 5.20. The molecule has 4 rings (SSSR count). The maximum Gasteiger partial charge on any atom is 0.118 e. The zero-order valence-electron chi connectivity index (χ0n) is 38.9. The normalized spacial score (nSPS) is 17.7. The van der Waals surface area contributed by atoms with Gasteiger partial charge < -0.3 is 33.6 Å². The largest absolute Gasteiger partial charge is 0.497 e. The molecule has 1 aromatic rings. The molecule has 2 heterocycles. The number of benzene rings is 1. The third-order valence-corrected chi connectivity index (χ3v) is 9.44. The Balaban J connectivity index is -0.000000260. The van der Waals surface area contributed by atoms with Crippen LogP contribution < -0.4 is 4.74 Å². The topological polar surface area (TPSA) is 49.9 Å². The van der Waals surface area contributed by atoms with Crippen molar-refractivity contribution in [3.63, 3.8) is 0 Å². The summed E-state index contributed by atoms with van der Waals surface area (Å²) in [4.78, 5) is 9.21. The van der Waals surface area contributed by atoms with Gasteiger partial charge in [0.25, 0.3) is 0 Å². The second kappa shape index (κ2) is 35.4. The molecule has 0 unspecified atom stereocenters. The van der Waals surface area contributed by atoms with E-state index < -0.39 is 0 Å². The van der Waals surface area contributed by atoms with Crippen LogP contribution in [0, 0.1) is 0 Å². The highest BCUT2D eigenvalue weighted by atomic mass is 16.5. The zero-order valence-corrected chi connectivity index (χ0v) is 38.9. The van der Waals surface area contributed by atoms with Crippen molar-refractivity contribution in [1.29, 1.82) is 0 Å². The molecule has 0 atom stereocenters. The van der Waals surface area contributed by atoms with Crippen molar-refractivity contribution < 1.29 is 18.9 Å². The second-order valence-electron chi connectivity index (χ2n) is 16.6. The van der Waals surface area contributed by atoms with E-state index in [1.54, 1.807) is 35.5 Å². The monoisotopic (exact) mass is 743 g/mol. The molecule has 0 bridgehead atoms. The summed E-state index contributed by atoms with van der Waals surface area (Å²) in [6.07, 6.45) is 13.2. The van der Waals surface area contributed by atoms with E-state index >= 15 is 0 Å². The Morgan fingerprint density at radius 3 is 1.19 bits per heavy atom. The molecule has 0 radical (unpaired) electrons. The summed E-state index contributed by atoms with van der Waals surface area (Å²) in [7, 11) is 21.0. The molecule has 1 aromatic carbocycles. The lowest BCUT2D eigenvalue weighted by Crippen LogP contribution is -2.56. The third-order valence-electron chi connectivity index (χ3n) is 9.44. The van der Waals surface area contributed by atoms with Gasteiger partial charge in [0.1, 0.15) is 5.75 Å². The second-order valence-corrected chi connectivity index (χ2v) is 16.6. The summed E-state index contributed by atoms with van der Waals surface area (Å²) in [6.45, 7) is 24.8. The van der Waals surface area contributed by atoms with E-state index in [1.165, 1.54) is 70.9 Å². The molecule has 8 heteroatoms. The molecule has 0 spiro atoms. The first-order valence-corrected chi connectivity index (χ1v) is 19.9. The van der Waals surface area contributed by atoms with Gasteiger partial charge in [-0.25, -0.2) is 0 Å². The molecule has 1 saturated carbocycles. The maximum absolute atomic E-state index is 5.11. The van der Waals surface area contributed by atoms with Crippen LogP contribution in [0.4, 0.5) is 0 Å². The highest BCUT2D eigenvalue weighted by Crippen LogP contribution is 2.36. The van der Waals surface area contributed by atoms with Gasteiger partial charge in [0.2, 0.25) is 0 Å². The van der Waals surface area contributed by atoms with Crippen molar-refractivity contribution in [3.8, 4) is 5.75 Å². The first-order valence-electron chi connectivity index (χ1n) is 19.9. The molecular weight excluding hydrogens is 649 g/mol. The molecule has 0 amide bonds. The predicted molar refractivity (Wildman–Crippen MR) is 231 cm³/mol. The van der Waals surface area contributed by atoms with Gasteiger partial charge >= 0.3 is 0 Å². The van der Waals surface area contributed by atoms with E-state index in [9.17, 15) is 0 Å². The molecule has 2 saturated heterocycles. The fraction of sp³-hybridized carbons (Fsp3) is 0.864. The summed E-state index contributed by atoms with van der Waals surface area (Å²) >= 11 is 0. The van der Waals surface area contributed by atoms with E-state index in [0.717, 1.165) is 5.75 Å². The molecule has 8 nitrogen and oxygen atoms in total. The Hall–Kier alpha value is -1.26. The third kappa shape index (κ3) is 37.1. The highest BCUT2D eigenvalue weighted by Gasteiger charge is 2.38. The first-order chi connectivity index (χ1) is 24.1. The standard InChI is InChI=1S/C10H21N.C7H17N.C7H8O.C6H12O.C5H11N.C4H10O.C3H9N.C2H6O/c1-9(2)7-6-8-10(3,4)11(9)5;1-6(2)8(5)7(3)4;1-8-7-5-3-2-4-6-7;1-7-6-4-2-3-5-6;1-6-4-2-3-5-6;1-4(2)5-3;1-4(2)3;1-3-2/h6-8H2,1-5H3;6-7H,1-5H3;2-6H,1H3;6H,2-5H2,1H3;2-5H2,1H3;4H,1-3H3;1-3H3;1-2H3. The number of rotatable bonds is 5. The van der Waals surface area contributed by atoms with Crippen molar-refractivity contribution in [1.82, 2.24) is 19.6 Å². The average Bonchev–Trinajstić information content (AvgIpc) is 3.79. The lowest BCUT2D eigenvalue weighted by Gasteiger charge is -2.50. The Labute approximate surface area is 327 Å². The van der Waals surface area contributed by atoms with Crippen LogP contribution in [0.15, 0.2) is 30.3 Å². The summed E-state index contributed by atoms with van der Waals surface area (Å²) < 4.78 is 19.0. The van der Waals surface area contributed by atoms with Crippen LogP contribution in [0.25, 0.3) is 0 Å². The van der Waals surface area contributed by atoms with Crippen molar-refractivity contribution in [2.75, 3.05) is 90.9 Å². The lowest BCUT2D eigenvalue weighted by atomic mass is 9.80. The maximum atomic E-state index is 5.11. The van der Waals surface area contributed by atoms with Crippen LogP contribution in [0.1, 0.15) is 127 Å². The van der Waals surface area contributed by atoms with Crippen LogP contribution >= 0.6 is 0 Å². The minimum absolute atomic E-state index is 0.384. The minimum atomic E-state index is 0.384. The van der Waals surface area contributed by atoms with Gasteiger partial charge in [0, 0.05) is 51.6 Å². The van der Waals surface area contributed by atoms with Gasteiger partial charge in [-0.1, -0.05) is 31.0 Å². The van der Waals surface area contributed by atoms with Crippen LogP contribution in [0.5, 0.6) is 5.75 Å². The summed E-state index contributed by atoms with van der Waals surface area (Å²) in [6, 6.07) is 11.0. The number of methoxy groups -OCH3 is 4. The quantitative estimate of drug-likeness (QED) is 0.296. The predicted octanol–water partition coefficient (Wildman–Crippen LogP) is 9.86. The summed E-state index contributed by atoms with van der Waals surface area (Å²) in [5.74, 6) is 0.910.